The third-order valence-electron chi connectivity index (χ3n) is 7.33. The van der Waals surface area contributed by atoms with E-state index < -0.39 is 61.4 Å². The lowest BCUT2D eigenvalue weighted by Crippen LogP contribution is -2.56. The first-order chi connectivity index (χ1) is 19.8. The maximum Gasteiger partial charge on any atom is 0.184 e. The number of hydrogen-bond acceptors (Lipinski definition) is 12. The lowest BCUT2D eigenvalue weighted by atomic mass is 9.99. The summed E-state index contributed by atoms with van der Waals surface area (Å²) in [6, 6.07) is 18.1. The summed E-state index contributed by atoms with van der Waals surface area (Å²) in [5.41, 5.74) is 7.10. The summed E-state index contributed by atoms with van der Waals surface area (Å²) in [4.78, 5) is 1.65. The van der Waals surface area contributed by atoms with Crippen LogP contribution in [0.1, 0.15) is 30.1 Å². The zero-order valence-electron chi connectivity index (χ0n) is 22.8. The van der Waals surface area contributed by atoms with Crippen LogP contribution >= 0.6 is 0 Å². The van der Waals surface area contributed by atoms with Crippen molar-refractivity contribution in [3.05, 3.63) is 71.8 Å². The van der Waals surface area contributed by atoms with Gasteiger partial charge in [-0.05, 0) is 19.5 Å². The summed E-state index contributed by atoms with van der Waals surface area (Å²) in [6.45, 7) is 0.281. The highest BCUT2D eigenvalue weighted by Crippen LogP contribution is 2.30. The fourth-order valence-corrected chi connectivity index (χ4v) is 5.05. The monoisotopic (exact) mass is 578 g/mol. The molecule has 2 aromatic carbocycles. The summed E-state index contributed by atoms with van der Waals surface area (Å²) in [5.74, 6) is 0. The maximum absolute atomic E-state index is 11.0. The van der Waals surface area contributed by atoms with E-state index in [1.165, 1.54) is 0 Å². The molecule has 10 atom stereocenters. The lowest BCUT2D eigenvalue weighted by molar-refractivity contribution is -0.285. The zero-order chi connectivity index (χ0) is 29.4. The molecule has 2 aromatic rings. The van der Waals surface area contributed by atoms with Crippen molar-refractivity contribution in [2.75, 3.05) is 39.4 Å². The molecular formula is C29H42N2O10. The third-order valence-corrected chi connectivity index (χ3v) is 7.33. The van der Waals surface area contributed by atoms with Crippen LogP contribution in [0.2, 0.25) is 0 Å². The van der Waals surface area contributed by atoms with Crippen molar-refractivity contribution in [2.45, 2.75) is 67.8 Å². The average Bonchev–Trinajstić information content (AvgIpc) is 3.00. The molecule has 12 nitrogen and oxygen atoms in total. The molecule has 8 N–H and O–H groups in total. The van der Waals surface area contributed by atoms with Crippen LogP contribution in [0.25, 0.3) is 0 Å². The summed E-state index contributed by atoms with van der Waals surface area (Å²) >= 11 is 0. The fraction of sp³-hybridized carbons (Fsp3) is 0.586. The van der Waals surface area contributed by atoms with Gasteiger partial charge < -0.3 is 55.3 Å². The van der Waals surface area contributed by atoms with Crippen molar-refractivity contribution in [2.24, 2.45) is 5.73 Å². The molecule has 0 amide bonds. The normalized spacial score (nSPS) is 30.0. The molecular weight excluding hydrogens is 536 g/mol. The quantitative estimate of drug-likeness (QED) is 0.154. The van der Waals surface area contributed by atoms with Crippen molar-refractivity contribution >= 4 is 0 Å². The zero-order valence-corrected chi connectivity index (χ0v) is 22.8. The van der Waals surface area contributed by atoms with Gasteiger partial charge in [-0.2, -0.15) is 0 Å². The first-order valence-electron chi connectivity index (χ1n) is 13.9. The van der Waals surface area contributed by atoms with Crippen molar-refractivity contribution in [1.82, 2.24) is 4.90 Å². The van der Waals surface area contributed by atoms with E-state index in [9.17, 15) is 30.6 Å². The average molecular weight is 579 g/mol. The second-order valence-electron chi connectivity index (χ2n) is 10.5. The highest BCUT2D eigenvalue weighted by atomic mass is 16.7. The molecule has 0 radical (unpaired) electrons. The van der Waals surface area contributed by atoms with E-state index in [2.05, 4.69) is 0 Å². The van der Waals surface area contributed by atoms with E-state index in [0.717, 1.165) is 0 Å². The topological polar surface area (TPSA) is 188 Å². The summed E-state index contributed by atoms with van der Waals surface area (Å²) in [5, 5.41) is 64.7. The second kappa shape index (κ2) is 15.4. The highest BCUT2D eigenvalue weighted by Gasteiger charge is 2.42. The van der Waals surface area contributed by atoms with Crippen molar-refractivity contribution in [1.29, 1.82) is 0 Å². The SMILES string of the molecule is NCCCN(C[C@H](O)[C@@H](O)[C@@H]1OC(c2ccccc2)OC[C@H]1O)C[C@H](O)[C@@H](O)[C@@H]1OC(c2ccccc2)OC[C@H]1O. The largest absolute Gasteiger partial charge is 0.389 e. The molecule has 2 aliphatic rings. The van der Waals surface area contributed by atoms with Gasteiger partial charge in [-0.25, -0.2) is 0 Å². The molecule has 41 heavy (non-hydrogen) atoms. The Bertz CT molecular complexity index is 944. The number of benzene rings is 2. The second-order valence-corrected chi connectivity index (χ2v) is 10.5. The number of nitrogens with two attached hydrogens (primary N) is 1. The Morgan fingerprint density at radius 2 is 1.12 bits per heavy atom. The number of aliphatic hydroxyl groups excluding tert-OH is 6. The predicted molar refractivity (Wildman–Crippen MR) is 146 cm³/mol. The molecule has 228 valence electrons. The Hall–Kier alpha value is -2.04. The van der Waals surface area contributed by atoms with Gasteiger partial charge >= 0.3 is 0 Å². The van der Waals surface area contributed by atoms with E-state index in [-0.39, 0.29) is 26.3 Å². The van der Waals surface area contributed by atoms with Gasteiger partial charge in [-0.1, -0.05) is 60.7 Å². The summed E-state index contributed by atoms with van der Waals surface area (Å²) < 4.78 is 22.8. The maximum atomic E-state index is 11.0. The Kier molecular flexibility index (Phi) is 12.0. The molecule has 0 spiro atoms. The Morgan fingerprint density at radius 1 is 0.707 bits per heavy atom. The van der Waals surface area contributed by atoms with E-state index in [1.54, 1.807) is 29.2 Å². The minimum absolute atomic E-state index is 0.0901. The van der Waals surface area contributed by atoms with Crippen LogP contribution in [0.4, 0.5) is 0 Å². The number of rotatable bonds is 13. The van der Waals surface area contributed by atoms with Gasteiger partial charge in [0.2, 0.25) is 0 Å². The molecule has 0 bridgehead atoms. The summed E-state index contributed by atoms with van der Waals surface area (Å²) in [6.07, 6.45) is -11.4. The van der Waals surface area contributed by atoms with Gasteiger partial charge in [0.25, 0.3) is 0 Å². The molecule has 0 aliphatic carbocycles. The fourth-order valence-electron chi connectivity index (χ4n) is 5.05. The molecule has 2 fully saturated rings. The molecule has 2 saturated heterocycles. The van der Waals surface area contributed by atoms with Gasteiger partial charge in [0.15, 0.2) is 12.6 Å². The van der Waals surface area contributed by atoms with Crippen molar-refractivity contribution in [3.8, 4) is 0 Å². The van der Waals surface area contributed by atoms with E-state index in [1.807, 2.05) is 36.4 Å². The van der Waals surface area contributed by atoms with E-state index in [4.69, 9.17) is 24.7 Å². The first kappa shape index (κ1) is 31.9. The number of nitrogens with zero attached hydrogens (tertiary/aromatic N) is 1. The van der Waals surface area contributed by atoms with E-state index >= 15 is 0 Å². The predicted octanol–water partition coefficient (Wildman–Crippen LogP) is -0.969. The Labute approximate surface area is 239 Å². The molecule has 2 aliphatic heterocycles. The van der Waals surface area contributed by atoms with Crippen LogP contribution < -0.4 is 5.73 Å². The van der Waals surface area contributed by atoms with Crippen molar-refractivity contribution < 1.29 is 49.6 Å². The highest BCUT2D eigenvalue weighted by molar-refractivity contribution is 5.17. The molecule has 4 rings (SSSR count). The van der Waals surface area contributed by atoms with Crippen LogP contribution in [0, 0.1) is 0 Å². The van der Waals surface area contributed by atoms with Crippen LogP contribution in [0.5, 0.6) is 0 Å². The van der Waals surface area contributed by atoms with Crippen LogP contribution in [0.3, 0.4) is 0 Å². The molecule has 0 saturated carbocycles. The molecule has 2 heterocycles. The standard InChI is InChI=1S/C29H42N2O10/c30-12-7-13-31(14-20(32)24(36)26-22(34)16-38-28(40-26)18-8-3-1-4-9-18)15-21(33)25(37)27-23(35)17-39-29(41-27)19-10-5-2-6-11-19/h1-6,8-11,20-29,32-37H,7,12-17,30H2/t20-,21-,22+,23+,24+,25+,26+,27+,28?,29?/m0/s1. The Morgan fingerprint density at radius 3 is 1.51 bits per heavy atom. The Balaban J connectivity index is 1.37. The number of hydrogen-bond donors (Lipinski definition) is 7. The molecule has 2 unspecified atom stereocenters. The minimum Gasteiger partial charge on any atom is -0.389 e. The van der Waals surface area contributed by atoms with Gasteiger partial charge in [0.1, 0.15) is 36.6 Å². The van der Waals surface area contributed by atoms with Gasteiger partial charge in [-0.3, -0.25) is 4.90 Å². The van der Waals surface area contributed by atoms with Crippen LogP contribution in [-0.2, 0) is 18.9 Å². The third kappa shape index (κ3) is 8.51. The van der Waals surface area contributed by atoms with Crippen LogP contribution in [0.15, 0.2) is 60.7 Å². The van der Waals surface area contributed by atoms with Crippen molar-refractivity contribution in [3.63, 3.8) is 0 Å². The molecule has 0 aromatic heterocycles. The van der Waals surface area contributed by atoms with Gasteiger partial charge in [-0.15, -0.1) is 0 Å². The van der Waals surface area contributed by atoms with E-state index in [0.29, 0.717) is 30.6 Å². The molecule has 12 heteroatoms. The summed E-state index contributed by atoms with van der Waals surface area (Å²) in [7, 11) is 0. The van der Waals surface area contributed by atoms with Gasteiger partial charge in [0.05, 0.1) is 25.4 Å². The number of ether oxygens (including phenoxy) is 4. The minimum atomic E-state index is -1.48. The number of aliphatic hydroxyl groups is 6. The van der Waals surface area contributed by atoms with Gasteiger partial charge in [0, 0.05) is 24.2 Å². The smallest absolute Gasteiger partial charge is 0.184 e. The van der Waals surface area contributed by atoms with Crippen LogP contribution in [-0.4, -0.2) is 124 Å². The first-order valence-corrected chi connectivity index (χ1v) is 13.9. The lowest BCUT2D eigenvalue weighted by Gasteiger charge is -2.40.